The molecule has 7 nitrogen and oxygen atoms in total. The number of benzene rings is 1. The molecule has 0 atom stereocenters. The second-order valence-corrected chi connectivity index (χ2v) is 4.82. The minimum absolute atomic E-state index is 0. The average Bonchev–Trinajstić information content (AvgIpc) is 2.46. The molecule has 1 N–H and O–H groups in total. The van der Waals surface area contributed by atoms with Crippen LogP contribution < -0.4 is 17.3 Å². The van der Waals surface area contributed by atoms with E-state index < -0.39 is 4.92 Å². The third kappa shape index (κ3) is 4.80. The zero-order valence-corrected chi connectivity index (χ0v) is 12.4. The number of nitrogens with zero attached hydrogens (tertiary/aromatic N) is 3. The van der Waals surface area contributed by atoms with Crippen molar-refractivity contribution in [3.63, 3.8) is 0 Å². The number of hydrogen-bond acceptors (Lipinski definition) is 5. The summed E-state index contributed by atoms with van der Waals surface area (Å²) in [6.45, 7) is 3.66. The molecule has 0 radical (unpaired) electrons. The fourth-order valence-electron chi connectivity index (χ4n) is 1.95. The molecular weight excluding hydrogens is 296 g/mol. The fourth-order valence-corrected chi connectivity index (χ4v) is 1.95. The monoisotopic (exact) mass is 312 g/mol. The van der Waals surface area contributed by atoms with Crippen LogP contribution in [0.25, 0.3) is 0 Å². The van der Waals surface area contributed by atoms with E-state index in [2.05, 4.69) is 12.1 Å². The molecule has 0 aliphatic carbocycles. The Morgan fingerprint density at radius 3 is 2.43 bits per heavy atom. The number of rotatable bonds is 4. The van der Waals surface area contributed by atoms with Crippen molar-refractivity contribution in [2.24, 2.45) is 5.10 Å². The Bertz CT molecular complexity index is 525. The van der Waals surface area contributed by atoms with Crippen molar-refractivity contribution in [3.8, 4) is 0 Å². The lowest BCUT2D eigenvalue weighted by Crippen LogP contribution is -3.11. The number of Topliss-reactive ketones (excluding diaryl/α,β-unsaturated/α-hetero) is 1. The van der Waals surface area contributed by atoms with Crippen molar-refractivity contribution in [3.05, 3.63) is 39.9 Å². The van der Waals surface area contributed by atoms with Gasteiger partial charge < -0.3 is 17.3 Å². The fraction of sp³-hybridized carbons (Fsp3) is 0.385. The Labute approximate surface area is 128 Å². The molecule has 1 aliphatic heterocycles. The molecule has 0 spiro atoms. The van der Waals surface area contributed by atoms with E-state index in [-0.39, 0.29) is 23.9 Å². The summed E-state index contributed by atoms with van der Waals surface area (Å²) in [5.41, 5.74) is 0.375. The Morgan fingerprint density at radius 2 is 1.90 bits per heavy atom. The van der Waals surface area contributed by atoms with Gasteiger partial charge in [0.2, 0.25) is 5.78 Å². The molecule has 0 aromatic heterocycles. The second kappa shape index (κ2) is 7.70. The van der Waals surface area contributed by atoms with Crippen LogP contribution in [0.5, 0.6) is 0 Å². The highest BCUT2D eigenvalue weighted by molar-refractivity contribution is 6.35. The Kier molecular flexibility index (Phi) is 6.26. The number of quaternary nitrogens is 1. The van der Waals surface area contributed by atoms with Crippen molar-refractivity contribution in [1.82, 2.24) is 5.01 Å². The van der Waals surface area contributed by atoms with Gasteiger partial charge in [-0.05, 0) is 12.1 Å². The number of ketones is 1. The van der Waals surface area contributed by atoms with Gasteiger partial charge in [0.15, 0.2) is 0 Å². The maximum absolute atomic E-state index is 11.9. The molecule has 1 heterocycles. The number of likely N-dealkylation sites (N-methyl/N-ethyl adjacent to an activating group) is 1. The molecule has 21 heavy (non-hydrogen) atoms. The predicted molar refractivity (Wildman–Crippen MR) is 74.1 cm³/mol. The quantitative estimate of drug-likeness (QED) is 0.272. The van der Waals surface area contributed by atoms with E-state index in [1.54, 1.807) is 0 Å². The summed E-state index contributed by atoms with van der Waals surface area (Å²) in [4.78, 5) is 23.4. The van der Waals surface area contributed by atoms with Crippen LogP contribution in [-0.4, -0.2) is 55.2 Å². The zero-order valence-electron chi connectivity index (χ0n) is 11.7. The maximum atomic E-state index is 11.9. The topological polar surface area (TPSA) is 80.2 Å². The third-order valence-electron chi connectivity index (χ3n) is 3.29. The van der Waals surface area contributed by atoms with Crippen LogP contribution in [0.2, 0.25) is 0 Å². The van der Waals surface area contributed by atoms with E-state index in [4.69, 9.17) is 0 Å². The van der Waals surface area contributed by atoms with Crippen molar-refractivity contribution >= 4 is 17.7 Å². The van der Waals surface area contributed by atoms with Gasteiger partial charge in [0.05, 0.1) is 44.4 Å². The Balaban J connectivity index is 0.00000220. The van der Waals surface area contributed by atoms with Crippen LogP contribution in [0, 0.1) is 10.1 Å². The largest absolute Gasteiger partial charge is 1.00 e. The summed E-state index contributed by atoms with van der Waals surface area (Å²) in [6.07, 6.45) is 1.28. The molecule has 0 bridgehead atoms. The lowest BCUT2D eigenvalue weighted by Gasteiger charge is -2.27. The Hall–Kier alpha value is -1.99. The average molecular weight is 313 g/mol. The van der Waals surface area contributed by atoms with E-state index in [0.717, 1.165) is 26.2 Å². The van der Waals surface area contributed by atoms with Gasteiger partial charge in [-0.2, -0.15) is 5.10 Å². The van der Waals surface area contributed by atoms with E-state index >= 15 is 0 Å². The van der Waals surface area contributed by atoms with Gasteiger partial charge >= 0.3 is 0 Å². The van der Waals surface area contributed by atoms with Crippen LogP contribution in [-0.2, 0) is 0 Å². The number of hydrogen-bond donors (Lipinski definition) is 1. The molecule has 1 saturated heterocycles. The van der Waals surface area contributed by atoms with E-state index in [0.29, 0.717) is 5.56 Å². The van der Waals surface area contributed by atoms with Crippen LogP contribution in [0.4, 0.5) is 5.69 Å². The standard InChI is InChI=1S/C13H16N4O3.ClH/c1-15-6-8-16(9-7-15)14-10-13(18)11-2-4-12(5-3-11)17(19)20;/h2-5,10H,6-9H2,1H3;1H/b14-10+;. The lowest BCUT2D eigenvalue weighted by atomic mass is 10.1. The minimum atomic E-state index is -0.491. The Morgan fingerprint density at radius 1 is 1.33 bits per heavy atom. The molecule has 1 aromatic rings. The molecular formula is C13H17ClN4O3. The first-order valence-corrected chi connectivity index (χ1v) is 6.45. The van der Waals surface area contributed by atoms with Crippen molar-refractivity contribution in [1.29, 1.82) is 0 Å². The highest BCUT2D eigenvalue weighted by atomic mass is 35.5. The highest BCUT2D eigenvalue weighted by Crippen LogP contribution is 2.11. The maximum Gasteiger partial charge on any atom is 0.269 e. The van der Waals surface area contributed by atoms with Gasteiger partial charge in [-0.1, -0.05) is 0 Å². The number of carbonyl (C=O) groups is 1. The summed E-state index contributed by atoms with van der Waals surface area (Å²) in [6, 6.07) is 5.53. The van der Waals surface area contributed by atoms with Crippen LogP contribution in [0.15, 0.2) is 29.4 Å². The van der Waals surface area contributed by atoms with Gasteiger partial charge in [-0.3, -0.25) is 19.9 Å². The van der Waals surface area contributed by atoms with E-state index in [1.165, 1.54) is 35.4 Å². The number of piperazine rings is 1. The van der Waals surface area contributed by atoms with E-state index in [1.807, 2.05) is 5.01 Å². The van der Waals surface area contributed by atoms with Crippen molar-refractivity contribution in [2.45, 2.75) is 0 Å². The molecule has 1 fully saturated rings. The number of hydrazone groups is 1. The zero-order chi connectivity index (χ0) is 14.5. The summed E-state index contributed by atoms with van der Waals surface area (Å²) < 4.78 is 0. The summed E-state index contributed by atoms with van der Waals surface area (Å²) in [5.74, 6) is -0.244. The summed E-state index contributed by atoms with van der Waals surface area (Å²) >= 11 is 0. The first-order chi connectivity index (χ1) is 9.56. The number of nitro groups is 1. The number of halogens is 1. The second-order valence-electron chi connectivity index (χ2n) is 4.82. The van der Waals surface area contributed by atoms with E-state index in [9.17, 15) is 14.9 Å². The molecule has 8 heteroatoms. The number of carbonyl (C=O) groups excluding carboxylic acids is 1. The molecule has 114 valence electrons. The van der Waals surface area contributed by atoms with Gasteiger partial charge in [0.25, 0.3) is 5.69 Å². The smallest absolute Gasteiger partial charge is 0.269 e. The highest BCUT2D eigenvalue weighted by Gasteiger charge is 2.14. The molecule has 0 saturated carbocycles. The van der Waals surface area contributed by atoms with Gasteiger partial charge in [-0.15, -0.1) is 0 Å². The van der Waals surface area contributed by atoms with Gasteiger partial charge in [0.1, 0.15) is 0 Å². The first-order valence-electron chi connectivity index (χ1n) is 6.45. The van der Waals surface area contributed by atoms with Gasteiger partial charge in [0, 0.05) is 17.7 Å². The molecule has 1 aromatic carbocycles. The SMILES string of the molecule is C[NH+]1CCN(/N=C/C(=O)c2ccc([N+](=O)[O-])cc2)CC1.[Cl-]. The number of nitrogens with one attached hydrogen (secondary N) is 1. The van der Waals surface area contributed by atoms with Crippen LogP contribution in [0.3, 0.4) is 0 Å². The molecule has 1 aliphatic rings. The number of non-ortho nitro benzene ring substituents is 1. The predicted octanol–water partition coefficient (Wildman–Crippen LogP) is -3.40. The van der Waals surface area contributed by atoms with Crippen molar-refractivity contribution < 1.29 is 27.0 Å². The molecule has 0 amide bonds. The first kappa shape index (κ1) is 17.1. The third-order valence-corrected chi connectivity index (χ3v) is 3.29. The van der Waals surface area contributed by atoms with Crippen LogP contribution in [0.1, 0.15) is 10.4 Å². The number of nitro benzene ring substituents is 1. The van der Waals surface area contributed by atoms with Gasteiger partial charge in [-0.25, -0.2) is 0 Å². The minimum Gasteiger partial charge on any atom is -1.00 e. The van der Waals surface area contributed by atoms with Crippen LogP contribution >= 0.6 is 0 Å². The normalized spacial score (nSPS) is 15.8. The molecule has 2 rings (SSSR count). The molecule has 0 unspecified atom stereocenters. The summed E-state index contributed by atoms with van der Waals surface area (Å²) in [5, 5.41) is 16.6. The lowest BCUT2D eigenvalue weighted by molar-refractivity contribution is -0.884. The van der Waals surface area contributed by atoms with Crippen molar-refractivity contribution in [2.75, 3.05) is 33.2 Å². The summed E-state index contributed by atoms with van der Waals surface area (Å²) in [7, 11) is 2.13.